The molecule has 1 aliphatic rings. The van der Waals surface area contributed by atoms with Crippen molar-refractivity contribution >= 4 is 34.1 Å². The van der Waals surface area contributed by atoms with Crippen molar-refractivity contribution in [3.8, 4) is 0 Å². The van der Waals surface area contributed by atoms with Gasteiger partial charge in [-0.05, 0) is 49.2 Å². The Bertz CT molecular complexity index is 895. The lowest BCUT2D eigenvalue weighted by molar-refractivity contribution is -0.122. The fraction of sp³-hybridized carbons (Fsp3) is 0.263. The van der Waals surface area contributed by atoms with Gasteiger partial charge in [-0.15, -0.1) is 0 Å². The number of hydrogen-bond acceptors (Lipinski definition) is 4. The van der Waals surface area contributed by atoms with E-state index in [-0.39, 0.29) is 11.9 Å². The Hall–Kier alpha value is -2.53. The van der Waals surface area contributed by atoms with Crippen LogP contribution in [0.15, 0.2) is 53.3 Å². The number of amides is 1. The maximum Gasteiger partial charge on any atom is 0.243 e. The summed E-state index contributed by atoms with van der Waals surface area (Å²) in [4.78, 5) is 19.2. The molecule has 1 atom stereocenters. The van der Waals surface area contributed by atoms with E-state index >= 15 is 0 Å². The molecule has 1 N–H and O–H groups in total. The number of pyridine rings is 1. The third-order valence-corrected chi connectivity index (χ3v) is 4.80. The maximum atomic E-state index is 12.7. The van der Waals surface area contributed by atoms with Crippen LogP contribution in [0, 0.1) is 0 Å². The van der Waals surface area contributed by atoms with Crippen LogP contribution in [0.25, 0.3) is 10.9 Å². The molecule has 2 aromatic heterocycles. The van der Waals surface area contributed by atoms with Crippen molar-refractivity contribution in [1.82, 2.24) is 10.3 Å². The summed E-state index contributed by atoms with van der Waals surface area (Å²) in [5.41, 5.74) is 1.88. The molecule has 1 unspecified atom stereocenters. The van der Waals surface area contributed by atoms with Crippen LogP contribution in [-0.4, -0.2) is 23.5 Å². The maximum absolute atomic E-state index is 12.7. The molecular formula is C19H18ClN3O2. The number of aromatic nitrogens is 1. The van der Waals surface area contributed by atoms with Gasteiger partial charge in [0.1, 0.15) is 11.8 Å². The third-order valence-electron chi connectivity index (χ3n) is 4.56. The highest BCUT2D eigenvalue weighted by atomic mass is 35.5. The number of nitrogens with zero attached hydrogens (tertiary/aromatic N) is 2. The summed E-state index contributed by atoms with van der Waals surface area (Å²) in [6.07, 6.45) is 5.19. The first kappa shape index (κ1) is 16.0. The third kappa shape index (κ3) is 3.20. The molecule has 1 saturated heterocycles. The fourth-order valence-corrected chi connectivity index (χ4v) is 3.56. The standard InChI is InChI=1S/C19H18ClN3O2/c20-13-5-6-16-15(11-13)17(7-8-21-16)23-9-1-4-18(23)19(24)22-12-14-3-2-10-25-14/h2-3,5-8,10-11,18H,1,4,9,12H2,(H,22,24). The van der Waals surface area contributed by atoms with Gasteiger partial charge in [0.2, 0.25) is 5.91 Å². The molecule has 0 radical (unpaired) electrons. The van der Waals surface area contributed by atoms with Crippen LogP contribution in [0.4, 0.5) is 5.69 Å². The SMILES string of the molecule is O=C(NCc1ccco1)C1CCCN1c1ccnc2ccc(Cl)cc12. The highest BCUT2D eigenvalue weighted by molar-refractivity contribution is 6.31. The zero-order chi connectivity index (χ0) is 17.2. The molecule has 1 aromatic carbocycles. The number of halogens is 1. The van der Waals surface area contributed by atoms with E-state index in [0.29, 0.717) is 11.6 Å². The van der Waals surface area contributed by atoms with Crippen molar-refractivity contribution in [2.24, 2.45) is 0 Å². The molecule has 0 spiro atoms. The van der Waals surface area contributed by atoms with Gasteiger partial charge in [-0.25, -0.2) is 0 Å². The summed E-state index contributed by atoms with van der Waals surface area (Å²) >= 11 is 6.17. The number of carbonyl (C=O) groups is 1. The Morgan fingerprint density at radius 2 is 2.28 bits per heavy atom. The quantitative estimate of drug-likeness (QED) is 0.774. The second-order valence-electron chi connectivity index (χ2n) is 6.14. The van der Waals surface area contributed by atoms with E-state index in [4.69, 9.17) is 16.0 Å². The van der Waals surface area contributed by atoms with E-state index in [9.17, 15) is 4.79 Å². The van der Waals surface area contributed by atoms with Crippen molar-refractivity contribution in [3.63, 3.8) is 0 Å². The number of nitrogens with one attached hydrogen (secondary N) is 1. The predicted molar refractivity (Wildman–Crippen MR) is 97.7 cm³/mol. The topological polar surface area (TPSA) is 58.4 Å². The molecule has 6 heteroatoms. The van der Waals surface area contributed by atoms with Gasteiger partial charge >= 0.3 is 0 Å². The molecule has 1 aliphatic heterocycles. The number of fused-ring (bicyclic) bond motifs is 1. The van der Waals surface area contributed by atoms with Gasteiger partial charge in [0, 0.05) is 28.8 Å². The second kappa shape index (κ2) is 6.76. The minimum Gasteiger partial charge on any atom is -0.467 e. The Kier molecular flexibility index (Phi) is 4.32. The van der Waals surface area contributed by atoms with Gasteiger partial charge in [0.25, 0.3) is 0 Å². The number of anilines is 1. The molecule has 0 aliphatic carbocycles. The second-order valence-corrected chi connectivity index (χ2v) is 6.58. The molecule has 3 heterocycles. The molecule has 1 amide bonds. The lowest BCUT2D eigenvalue weighted by Crippen LogP contribution is -2.43. The fourth-order valence-electron chi connectivity index (χ4n) is 3.39. The summed E-state index contributed by atoms with van der Waals surface area (Å²) in [5.74, 6) is 0.764. The van der Waals surface area contributed by atoms with Gasteiger partial charge < -0.3 is 14.6 Å². The molecule has 128 valence electrons. The van der Waals surface area contributed by atoms with Crippen LogP contribution in [0.5, 0.6) is 0 Å². The average Bonchev–Trinajstić information content (AvgIpc) is 3.30. The van der Waals surface area contributed by atoms with Gasteiger partial charge in [-0.1, -0.05) is 11.6 Å². The molecule has 5 nitrogen and oxygen atoms in total. The first-order valence-electron chi connectivity index (χ1n) is 8.33. The minimum atomic E-state index is -0.195. The van der Waals surface area contributed by atoms with E-state index in [1.165, 1.54) is 0 Å². The number of benzene rings is 1. The van der Waals surface area contributed by atoms with Gasteiger partial charge in [0.05, 0.1) is 18.3 Å². The summed E-state index contributed by atoms with van der Waals surface area (Å²) in [5, 5.41) is 4.61. The normalized spacial score (nSPS) is 17.2. The summed E-state index contributed by atoms with van der Waals surface area (Å²) in [6, 6.07) is 11.1. The molecule has 0 saturated carbocycles. The molecule has 0 bridgehead atoms. The summed E-state index contributed by atoms with van der Waals surface area (Å²) in [6.45, 7) is 1.24. The zero-order valence-corrected chi connectivity index (χ0v) is 14.4. The summed E-state index contributed by atoms with van der Waals surface area (Å²) < 4.78 is 5.28. The van der Waals surface area contributed by atoms with Crippen LogP contribution >= 0.6 is 11.6 Å². The van der Waals surface area contributed by atoms with E-state index in [1.807, 2.05) is 36.4 Å². The van der Waals surface area contributed by atoms with E-state index in [1.54, 1.807) is 12.5 Å². The Balaban J connectivity index is 1.59. The van der Waals surface area contributed by atoms with E-state index < -0.39 is 0 Å². The van der Waals surface area contributed by atoms with Gasteiger partial charge in [-0.2, -0.15) is 0 Å². The first-order chi connectivity index (χ1) is 12.2. The lowest BCUT2D eigenvalue weighted by Gasteiger charge is -2.27. The largest absolute Gasteiger partial charge is 0.467 e. The molecule has 1 fully saturated rings. The van der Waals surface area contributed by atoms with Crippen LogP contribution in [0.1, 0.15) is 18.6 Å². The summed E-state index contributed by atoms with van der Waals surface area (Å²) in [7, 11) is 0. The number of carbonyl (C=O) groups excluding carboxylic acids is 1. The van der Waals surface area contributed by atoms with E-state index in [0.717, 1.165) is 41.7 Å². The molecule has 3 aromatic rings. The average molecular weight is 356 g/mol. The van der Waals surface area contributed by atoms with Crippen molar-refractivity contribution in [2.75, 3.05) is 11.4 Å². The first-order valence-corrected chi connectivity index (χ1v) is 8.71. The zero-order valence-electron chi connectivity index (χ0n) is 13.6. The van der Waals surface area contributed by atoms with Gasteiger partial charge in [0.15, 0.2) is 0 Å². The number of furan rings is 1. The highest BCUT2D eigenvalue weighted by Crippen LogP contribution is 2.32. The molecular weight excluding hydrogens is 338 g/mol. The monoisotopic (exact) mass is 355 g/mol. The Morgan fingerprint density at radius 1 is 1.36 bits per heavy atom. The smallest absolute Gasteiger partial charge is 0.243 e. The number of rotatable bonds is 4. The van der Waals surface area contributed by atoms with Crippen LogP contribution in [0.2, 0.25) is 5.02 Å². The Morgan fingerprint density at radius 3 is 3.12 bits per heavy atom. The van der Waals surface area contributed by atoms with Gasteiger partial charge in [-0.3, -0.25) is 9.78 Å². The number of hydrogen-bond donors (Lipinski definition) is 1. The highest BCUT2D eigenvalue weighted by Gasteiger charge is 2.31. The van der Waals surface area contributed by atoms with Crippen molar-refractivity contribution in [3.05, 3.63) is 59.6 Å². The van der Waals surface area contributed by atoms with Crippen molar-refractivity contribution in [1.29, 1.82) is 0 Å². The molecule has 4 rings (SSSR count). The van der Waals surface area contributed by atoms with Crippen molar-refractivity contribution in [2.45, 2.75) is 25.4 Å². The van der Waals surface area contributed by atoms with Crippen LogP contribution in [-0.2, 0) is 11.3 Å². The lowest BCUT2D eigenvalue weighted by atomic mass is 10.1. The van der Waals surface area contributed by atoms with Crippen molar-refractivity contribution < 1.29 is 9.21 Å². The van der Waals surface area contributed by atoms with Crippen LogP contribution in [0.3, 0.4) is 0 Å². The van der Waals surface area contributed by atoms with E-state index in [2.05, 4.69) is 15.2 Å². The Labute approximate surface area is 150 Å². The minimum absolute atomic E-state index is 0.0147. The van der Waals surface area contributed by atoms with Crippen LogP contribution < -0.4 is 10.2 Å². The molecule has 25 heavy (non-hydrogen) atoms. The predicted octanol–water partition coefficient (Wildman–Crippen LogP) is 3.77.